The molecule has 0 spiro atoms. The number of aryl methyl sites for hydroxylation is 1. The Hall–Kier alpha value is -4.07. The van der Waals surface area contributed by atoms with Crippen molar-refractivity contribution in [2.24, 2.45) is 0 Å². The lowest BCUT2D eigenvalue weighted by Crippen LogP contribution is -2.37. The van der Waals surface area contributed by atoms with E-state index in [1.807, 2.05) is 0 Å². The van der Waals surface area contributed by atoms with Gasteiger partial charge in [-0.15, -0.1) is 0 Å². The van der Waals surface area contributed by atoms with Gasteiger partial charge < -0.3 is 23.8 Å². The molecule has 0 radical (unpaired) electrons. The monoisotopic (exact) mass is 436 g/mol. The van der Waals surface area contributed by atoms with Gasteiger partial charge in [0, 0.05) is 10.9 Å². The Morgan fingerprint density at radius 2 is 1.94 bits per heavy atom. The SMILES string of the molecule is COc1ccccc1NC(=O)CN(Cc1ccco1)C(=O)c1oc2ccc(F)cc2c1C. The van der Waals surface area contributed by atoms with E-state index in [1.165, 1.54) is 36.5 Å². The number of halogens is 1. The molecule has 0 aliphatic rings. The lowest BCUT2D eigenvalue weighted by molar-refractivity contribution is -0.117. The number of para-hydroxylation sites is 2. The molecule has 0 aliphatic heterocycles. The van der Waals surface area contributed by atoms with Gasteiger partial charge in [-0.3, -0.25) is 9.59 Å². The summed E-state index contributed by atoms with van der Waals surface area (Å²) < 4.78 is 30.0. The third kappa shape index (κ3) is 4.34. The Labute approximate surface area is 183 Å². The van der Waals surface area contributed by atoms with Gasteiger partial charge in [-0.05, 0) is 49.4 Å². The molecule has 2 heterocycles. The molecule has 2 amide bonds. The van der Waals surface area contributed by atoms with Gasteiger partial charge in [0.25, 0.3) is 5.91 Å². The van der Waals surface area contributed by atoms with Crippen LogP contribution in [0.3, 0.4) is 0 Å². The van der Waals surface area contributed by atoms with Crippen molar-refractivity contribution in [3.8, 4) is 5.75 Å². The molecule has 2 aromatic heterocycles. The predicted octanol–water partition coefficient (Wildman–Crippen LogP) is 4.76. The van der Waals surface area contributed by atoms with Gasteiger partial charge in [-0.25, -0.2) is 4.39 Å². The summed E-state index contributed by atoms with van der Waals surface area (Å²) in [5.41, 5.74) is 1.38. The van der Waals surface area contributed by atoms with Gasteiger partial charge in [-0.2, -0.15) is 0 Å². The van der Waals surface area contributed by atoms with Crippen LogP contribution < -0.4 is 10.1 Å². The number of carbonyl (C=O) groups is 2. The zero-order valence-electron chi connectivity index (χ0n) is 17.6. The van der Waals surface area contributed by atoms with Gasteiger partial charge in [0.05, 0.1) is 25.6 Å². The van der Waals surface area contributed by atoms with E-state index in [4.69, 9.17) is 13.6 Å². The van der Waals surface area contributed by atoms with E-state index < -0.39 is 17.6 Å². The first-order valence-electron chi connectivity index (χ1n) is 9.89. The van der Waals surface area contributed by atoms with Crippen LogP contribution >= 0.6 is 0 Å². The van der Waals surface area contributed by atoms with Crippen LogP contribution in [0.15, 0.2) is 69.7 Å². The fourth-order valence-corrected chi connectivity index (χ4v) is 3.44. The van der Waals surface area contributed by atoms with Gasteiger partial charge in [0.1, 0.15) is 29.5 Å². The summed E-state index contributed by atoms with van der Waals surface area (Å²) in [6.07, 6.45) is 1.49. The van der Waals surface area contributed by atoms with Crippen molar-refractivity contribution < 1.29 is 27.6 Å². The molecule has 4 rings (SSSR count). The van der Waals surface area contributed by atoms with Crippen molar-refractivity contribution in [1.82, 2.24) is 4.90 Å². The number of benzene rings is 2. The van der Waals surface area contributed by atoms with Crippen molar-refractivity contribution in [1.29, 1.82) is 0 Å². The average molecular weight is 436 g/mol. The van der Waals surface area contributed by atoms with E-state index in [0.717, 1.165) is 0 Å². The van der Waals surface area contributed by atoms with Crippen LogP contribution in [0.2, 0.25) is 0 Å². The minimum Gasteiger partial charge on any atom is -0.495 e. The molecule has 0 atom stereocenters. The highest BCUT2D eigenvalue weighted by Gasteiger charge is 2.26. The smallest absolute Gasteiger partial charge is 0.290 e. The maximum absolute atomic E-state index is 13.7. The van der Waals surface area contributed by atoms with E-state index in [-0.39, 0.29) is 18.8 Å². The molecular weight excluding hydrogens is 415 g/mol. The number of hydrogen-bond acceptors (Lipinski definition) is 5. The Kier molecular flexibility index (Phi) is 5.93. The number of anilines is 1. The Bertz CT molecular complexity index is 1260. The van der Waals surface area contributed by atoms with Crippen molar-refractivity contribution in [2.75, 3.05) is 19.0 Å². The number of carbonyl (C=O) groups excluding carboxylic acids is 2. The molecule has 0 saturated heterocycles. The molecule has 2 aromatic carbocycles. The summed E-state index contributed by atoms with van der Waals surface area (Å²) in [6.45, 7) is 1.47. The van der Waals surface area contributed by atoms with Crippen molar-refractivity contribution >= 4 is 28.5 Å². The summed E-state index contributed by atoms with van der Waals surface area (Å²) in [4.78, 5) is 27.4. The highest BCUT2D eigenvalue weighted by molar-refractivity contribution is 6.02. The zero-order valence-corrected chi connectivity index (χ0v) is 17.6. The summed E-state index contributed by atoms with van der Waals surface area (Å²) in [5, 5.41) is 3.26. The van der Waals surface area contributed by atoms with E-state index >= 15 is 0 Å². The van der Waals surface area contributed by atoms with Gasteiger partial charge >= 0.3 is 0 Å². The largest absolute Gasteiger partial charge is 0.495 e. The van der Waals surface area contributed by atoms with E-state index in [0.29, 0.717) is 33.7 Å². The van der Waals surface area contributed by atoms with Crippen LogP contribution in [0.5, 0.6) is 5.75 Å². The molecule has 4 aromatic rings. The molecule has 0 bridgehead atoms. The topological polar surface area (TPSA) is 84.9 Å². The maximum atomic E-state index is 13.7. The summed E-state index contributed by atoms with van der Waals surface area (Å²) >= 11 is 0. The highest BCUT2D eigenvalue weighted by atomic mass is 19.1. The van der Waals surface area contributed by atoms with Crippen LogP contribution in [-0.2, 0) is 11.3 Å². The predicted molar refractivity (Wildman–Crippen MR) is 116 cm³/mol. The number of fused-ring (bicyclic) bond motifs is 1. The molecule has 0 aliphatic carbocycles. The van der Waals surface area contributed by atoms with Crippen molar-refractivity contribution in [2.45, 2.75) is 13.5 Å². The fourth-order valence-electron chi connectivity index (χ4n) is 3.44. The van der Waals surface area contributed by atoms with Gasteiger partial charge in [0.15, 0.2) is 5.76 Å². The quantitative estimate of drug-likeness (QED) is 0.451. The van der Waals surface area contributed by atoms with Crippen LogP contribution in [0.4, 0.5) is 10.1 Å². The van der Waals surface area contributed by atoms with Crippen molar-refractivity contribution in [3.05, 3.63) is 83.8 Å². The molecule has 7 nitrogen and oxygen atoms in total. The Balaban J connectivity index is 1.61. The number of methoxy groups -OCH3 is 1. The van der Waals surface area contributed by atoms with Gasteiger partial charge in [-0.1, -0.05) is 12.1 Å². The number of rotatable bonds is 7. The zero-order chi connectivity index (χ0) is 22.7. The van der Waals surface area contributed by atoms with E-state index in [1.54, 1.807) is 43.3 Å². The number of nitrogens with zero attached hydrogens (tertiary/aromatic N) is 1. The van der Waals surface area contributed by atoms with E-state index in [2.05, 4.69) is 5.32 Å². The maximum Gasteiger partial charge on any atom is 0.290 e. The van der Waals surface area contributed by atoms with Gasteiger partial charge in [0.2, 0.25) is 5.91 Å². The second-order valence-corrected chi connectivity index (χ2v) is 7.19. The lowest BCUT2D eigenvalue weighted by Gasteiger charge is -2.21. The molecule has 1 N–H and O–H groups in total. The molecule has 0 unspecified atom stereocenters. The molecule has 32 heavy (non-hydrogen) atoms. The first kappa shape index (κ1) is 21.2. The average Bonchev–Trinajstić information content (AvgIpc) is 3.41. The van der Waals surface area contributed by atoms with Crippen LogP contribution in [0, 0.1) is 12.7 Å². The standard InChI is InChI=1S/C24H21FN2O5/c1-15-18-12-16(25)9-10-20(18)32-23(15)24(29)27(13-17-6-5-11-31-17)14-22(28)26-19-7-3-4-8-21(19)30-2/h3-12H,13-14H2,1-2H3,(H,26,28). The normalized spacial score (nSPS) is 10.8. The second-order valence-electron chi connectivity index (χ2n) is 7.19. The highest BCUT2D eigenvalue weighted by Crippen LogP contribution is 2.28. The molecular formula is C24H21FN2O5. The lowest BCUT2D eigenvalue weighted by atomic mass is 10.1. The Morgan fingerprint density at radius 1 is 1.12 bits per heavy atom. The summed E-state index contributed by atoms with van der Waals surface area (Å²) in [7, 11) is 1.50. The number of nitrogens with one attached hydrogen (secondary N) is 1. The van der Waals surface area contributed by atoms with Crippen LogP contribution in [0.1, 0.15) is 21.9 Å². The fraction of sp³-hybridized carbons (Fsp3) is 0.167. The summed E-state index contributed by atoms with van der Waals surface area (Å²) in [5.74, 6) is -0.311. The number of amides is 2. The molecule has 164 valence electrons. The third-order valence-corrected chi connectivity index (χ3v) is 5.02. The van der Waals surface area contributed by atoms with Crippen LogP contribution in [0.25, 0.3) is 11.0 Å². The Morgan fingerprint density at radius 3 is 2.69 bits per heavy atom. The summed E-state index contributed by atoms with van der Waals surface area (Å²) in [6, 6.07) is 14.4. The first-order chi connectivity index (χ1) is 15.5. The molecule has 0 fully saturated rings. The van der Waals surface area contributed by atoms with E-state index in [9.17, 15) is 14.0 Å². The first-order valence-corrected chi connectivity index (χ1v) is 9.89. The molecule has 0 saturated carbocycles. The minimum absolute atomic E-state index is 0.0437. The third-order valence-electron chi connectivity index (χ3n) is 5.02. The van der Waals surface area contributed by atoms with Crippen molar-refractivity contribution in [3.63, 3.8) is 0 Å². The number of ether oxygens (including phenoxy) is 1. The molecule has 8 heteroatoms. The minimum atomic E-state index is -0.509. The number of furan rings is 2. The van der Waals surface area contributed by atoms with Crippen LogP contribution in [-0.4, -0.2) is 30.4 Å². The number of hydrogen-bond donors (Lipinski definition) is 1. The second kappa shape index (κ2) is 8.97.